The van der Waals surface area contributed by atoms with Gasteiger partial charge in [0.15, 0.2) is 5.69 Å². The molecule has 0 spiro atoms. The summed E-state index contributed by atoms with van der Waals surface area (Å²) in [5.41, 5.74) is 3.16. The smallest absolute Gasteiger partial charge is 0.273 e. The van der Waals surface area contributed by atoms with Gasteiger partial charge < -0.3 is 10.2 Å². The number of aromatic nitrogens is 3. The van der Waals surface area contributed by atoms with Crippen molar-refractivity contribution < 1.29 is 9.59 Å². The van der Waals surface area contributed by atoms with E-state index in [2.05, 4.69) is 15.6 Å². The maximum atomic E-state index is 12.4. The Bertz CT molecular complexity index is 983. The molecule has 2 heterocycles. The van der Waals surface area contributed by atoms with Crippen molar-refractivity contribution in [3.63, 3.8) is 0 Å². The molecule has 0 saturated carbocycles. The Hall–Kier alpha value is -3.48. The van der Waals surface area contributed by atoms with E-state index in [0.717, 1.165) is 29.8 Å². The first kappa shape index (κ1) is 17.9. The molecule has 0 unspecified atom stereocenters. The molecule has 2 amide bonds. The van der Waals surface area contributed by atoms with Crippen LogP contribution in [0.5, 0.6) is 0 Å². The first-order valence-corrected chi connectivity index (χ1v) is 9.30. The highest BCUT2D eigenvalue weighted by atomic mass is 16.2. The molecule has 0 radical (unpaired) electrons. The van der Waals surface area contributed by atoms with Crippen molar-refractivity contribution in [3.05, 3.63) is 77.6 Å². The normalized spacial score (nSPS) is 13.7. The van der Waals surface area contributed by atoms with Crippen LogP contribution in [0.3, 0.4) is 0 Å². The number of hydrogen-bond donors (Lipinski definition) is 1. The van der Waals surface area contributed by atoms with Crippen molar-refractivity contribution in [2.24, 2.45) is 0 Å². The fourth-order valence-corrected chi connectivity index (χ4v) is 3.28. The Morgan fingerprint density at radius 1 is 1.07 bits per heavy atom. The summed E-state index contributed by atoms with van der Waals surface area (Å²) in [6.07, 6.45) is 3.18. The molecule has 1 N–H and O–H groups in total. The minimum atomic E-state index is -0.276. The van der Waals surface area contributed by atoms with Crippen molar-refractivity contribution in [2.75, 3.05) is 6.54 Å². The zero-order chi connectivity index (χ0) is 19.3. The standard InChI is InChI=1S/C21H21N5O2/c27-20-10-5-11-25(20)14-17-7-4-6-16(12-17)13-22-21(28)19-15-26(24-23-19)18-8-2-1-3-9-18/h1-4,6-9,12,15H,5,10-11,13-14H2,(H,22,28). The molecule has 4 rings (SSSR count). The predicted molar refractivity (Wildman–Crippen MR) is 104 cm³/mol. The Morgan fingerprint density at radius 3 is 2.68 bits per heavy atom. The zero-order valence-electron chi connectivity index (χ0n) is 15.4. The zero-order valence-corrected chi connectivity index (χ0v) is 15.4. The van der Waals surface area contributed by atoms with E-state index in [4.69, 9.17) is 0 Å². The molecule has 1 aliphatic rings. The molecule has 1 fully saturated rings. The number of rotatable bonds is 6. The molecule has 1 aromatic heterocycles. The van der Waals surface area contributed by atoms with E-state index in [0.29, 0.717) is 19.5 Å². The third-order valence-electron chi connectivity index (χ3n) is 4.74. The van der Waals surface area contributed by atoms with Gasteiger partial charge in [-0.05, 0) is 29.7 Å². The summed E-state index contributed by atoms with van der Waals surface area (Å²) >= 11 is 0. The highest BCUT2D eigenvalue weighted by molar-refractivity contribution is 5.91. The fourth-order valence-electron chi connectivity index (χ4n) is 3.28. The molecule has 0 atom stereocenters. The number of para-hydroxylation sites is 1. The average Bonchev–Trinajstić information content (AvgIpc) is 3.37. The lowest BCUT2D eigenvalue weighted by Crippen LogP contribution is -2.24. The largest absolute Gasteiger partial charge is 0.347 e. The lowest BCUT2D eigenvalue weighted by atomic mass is 10.1. The van der Waals surface area contributed by atoms with Crippen LogP contribution in [0.2, 0.25) is 0 Å². The average molecular weight is 375 g/mol. The second-order valence-electron chi connectivity index (χ2n) is 6.81. The molecule has 3 aromatic rings. The number of nitrogens with zero attached hydrogens (tertiary/aromatic N) is 4. The van der Waals surface area contributed by atoms with Crippen LogP contribution in [0.25, 0.3) is 5.69 Å². The summed E-state index contributed by atoms with van der Waals surface area (Å²) < 4.78 is 1.57. The van der Waals surface area contributed by atoms with Gasteiger partial charge in [0, 0.05) is 26.1 Å². The number of benzene rings is 2. The van der Waals surface area contributed by atoms with Crippen molar-refractivity contribution in [1.82, 2.24) is 25.2 Å². The second kappa shape index (κ2) is 8.04. The van der Waals surface area contributed by atoms with Crippen LogP contribution in [0, 0.1) is 0 Å². The fraction of sp³-hybridized carbons (Fsp3) is 0.238. The Morgan fingerprint density at radius 2 is 1.89 bits per heavy atom. The summed E-state index contributed by atoms with van der Waals surface area (Å²) in [6, 6.07) is 17.4. The van der Waals surface area contributed by atoms with Gasteiger partial charge in [-0.25, -0.2) is 4.68 Å². The lowest BCUT2D eigenvalue weighted by molar-refractivity contribution is -0.128. The van der Waals surface area contributed by atoms with Crippen LogP contribution in [-0.4, -0.2) is 38.3 Å². The lowest BCUT2D eigenvalue weighted by Gasteiger charge is -2.16. The molecule has 1 aliphatic heterocycles. The van der Waals surface area contributed by atoms with Crippen molar-refractivity contribution in [1.29, 1.82) is 0 Å². The summed E-state index contributed by atoms with van der Waals surface area (Å²) in [6.45, 7) is 1.82. The van der Waals surface area contributed by atoms with Gasteiger partial charge in [-0.3, -0.25) is 9.59 Å². The number of carbonyl (C=O) groups excluding carboxylic acids is 2. The number of nitrogens with one attached hydrogen (secondary N) is 1. The topological polar surface area (TPSA) is 80.1 Å². The monoisotopic (exact) mass is 375 g/mol. The molecule has 142 valence electrons. The molecule has 7 heteroatoms. The molecule has 1 saturated heterocycles. The molecule has 0 bridgehead atoms. The maximum Gasteiger partial charge on any atom is 0.273 e. The van der Waals surface area contributed by atoms with Gasteiger partial charge in [0.2, 0.25) is 5.91 Å². The van der Waals surface area contributed by atoms with Gasteiger partial charge >= 0.3 is 0 Å². The van der Waals surface area contributed by atoms with Crippen LogP contribution in [-0.2, 0) is 17.9 Å². The van der Waals surface area contributed by atoms with E-state index in [9.17, 15) is 9.59 Å². The first-order valence-electron chi connectivity index (χ1n) is 9.30. The van der Waals surface area contributed by atoms with Crippen LogP contribution < -0.4 is 5.32 Å². The van der Waals surface area contributed by atoms with E-state index >= 15 is 0 Å². The molecular formula is C21H21N5O2. The first-order chi connectivity index (χ1) is 13.7. The van der Waals surface area contributed by atoms with E-state index in [1.807, 2.05) is 59.5 Å². The van der Waals surface area contributed by atoms with E-state index in [1.165, 1.54) is 0 Å². The van der Waals surface area contributed by atoms with E-state index in [-0.39, 0.29) is 17.5 Å². The van der Waals surface area contributed by atoms with Crippen molar-refractivity contribution in [3.8, 4) is 5.69 Å². The Labute approximate surface area is 163 Å². The van der Waals surface area contributed by atoms with Crippen LogP contribution >= 0.6 is 0 Å². The van der Waals surface area contributed by atoms with Crippen molar-refractivity contribution in [2.45, 2.75) is 25.9 Å². The molecule has 0 aliphatic carbocycles. The van der Waals surface area contributed by atoms with Crippen LogP contribution in [0.15, 0.2) is 60.8 Å². The maximum absolute atomic E-state index is 12.4. The molecular weight excluding hydrogens is 354 g/mol. The Kier molecular flexibility index (Phi) is 5.14. The van der Waals surface area contributed by atoms with Gasteiger partial charge in [0.25, 0.3) is 5.91 Å². The van der Waals surface area contributed by atoms with E-state index in [1.54, 1.807) is 10.9 Å². The quantitative estimate of drug-likeness (QED) is 0.717. The van der Waals surface area contributed by atoms with Gasteiger partial charge in [-0.2, -0.15) is 0 Å². The molecule has 2 aromatic carbocycles. The third kappa shape index (κ3) is 4.09. The highest BCUT2D eigenvalue weighted by Crippen LogP contribution is 2.15. The van der Waals surface area contributed by atoms with Gasteiger partial charge in [0.1, 0.15) is 0 Å². The van der Waals surface area contributed by atoms with Gasteiger partial charge in [0.05, 0.1) is 11.9 Å². The van der Waals surface area contributed by atoms with Crippen molar-refractivity contribution >= 4 is 11.8 Å². The predicted octanol–water partition coefficient (Wildman–Crippen LogP) is 2.32. The number of carbonyl (C=O) groups is 2. The minimum absolute atomic E-state index is 0.209. The summed E-state index contributed by atoms with van der Waals surface area (Å²) in [7, 11) is 0. The molecule has 7 nitrogen and oxygen atoms in total. The second-order valence-corrected chi connectivity index (χ2v) is 6.81. The van der Waals surface area contributed by atoms with Gasteiger partial charge in [-0.1, -0.05) is 47.7 Å². The minimum Gasteiger partial charge on any atom is -0.347 e. The summed E-state index contributed by atoms with van der Waals surface area (Å²) in [5.74, 6) is -0.0671. The number of amides is 2. The van der Waals surface area contributed by atoms with Gasteiger partial charge in [-0.15, -0.1) is 5.10 Å². The summed E-state index contributed by atoms with van der Waals surface area (Å²) in [5, 5.41) is 10.8. The van der Waals surface area contributed by atoms with E-state index < -0.39 is 0 Å². The molecule has 28 heavy (non-hydrogen) atoms. The SMILES string of the molecule is O=C(NCc1cccc(CN2CCCC2=O)c1)c1cn(-c2ccccc2)nn1. The summed E-state index contributed by atoms with van der Waals surface area (Å²) in [4.78, 5) is 26.1. The number of likely N-dealkylation sites (tertiary alicyclic amines) is 1. The van der Waals surface area contributed by atoms with Crippen LogP contribution in [0.1, 0.15) is 34.5 Å². The highest BCUT2D eigenvalue weighted by Gasteiger charge is 2.20. The Balaban J connectivity index is 1.37. The third-order valence-corrected chi connectivity index (χ3v) is 4.74. The number of hydrogen-bond acceptors (Lipinski definition) is 4. The van der Waals surface area contributed by atoms with Crippen LogP contribution in [0.4, 0.5) is 0 Å².